The molecule has 1 aliphatic rings. The Balaban J connectivity index is 1.20. The smallest absolute Gasteiger partial charge is 0.0622 e. The molecule has 11 aromatic carbocycles. The van der Waals surface area contributed by atoms with Crippen molar-refractivity contribution in [2.45, 2.75) is 5.41 Å². The van der Waals surface area contributed by atoms with Crippen molar-refractivity contribution in [3.63, 3.8) is 0 Å². The number of hydrogen-bond acceptors (Lipinski definition) is 0. The summed E-state index contributed by atoms with van der Waals surface area (Å²) in [6, 6.07) is 77.3. The van der Waals surface area contributed by atoms with Gasteiger partial charge in [-0.1, -0.05) is 194 Å². The summed E-state index contributed by atoms with van der Waals surface area (Å²) in [5.41, 5.74) is 12.3. The van der Waals surface area contributed by atoms with Gasteiger partial charge in [-0.15, -0.1) is 0 Å². The first-order chi connectivity index (χ1) is 27.3. The summed E-state index contributed by atoms with van der Waals surface area (Å²) in [6.45, 7) is 0. The minimum Gasteiger partial charge on any atom is -0.0622 e. The lowest BCUT2D eigenvalue weighted by atomic mass is 9.67. The van der Waals surface area contributed by atoms with Crippen LogP contribution >= 0.6 is 0 Å². The van der Waals surface area contributed by atoms with Crippen LogP contribution in [0.15, 0.2) is 206 Å². The van der Waals surface area contributed by atoms with Gasteiger partial charge in [-0.3, -0.25) is 0 Å². The molecule has 0 amide bonds. The Hall–Kier alpha value is -7.02. The van der Waals surface area contributed by atoms with E-state index in [4.69, 9.17) is 0 Å². The van der Waals surface area contributed by atoms with Gasteiger partial charge < -0.3 is 0 Å². The van der Waals surface area contributed by atoms with Gasteiger partial charge in [0.25, 0.3) is 0 Å². The van der Waals surface area contributed by atoms with E-state index in [1.165, 1.54) is 109 Å². The fourth-order valence-corrected chi connectivity index (χ4v) is 10.2. The van der Waals surface area contributed by atoms with Crippen LogP contribution in [0, 0.1) is 0 Å². The third kappa shape index (κ3) is 4.17. The second-order valence-electron chi connectivity index (χ2n) is 15.1. The van der Waals surface area contributed by atoms with Crippen LogP contribution in [0.1, 0.15) is 22.3 Å². The molecule has 1 aliphatic carbocycles. The molecule has 0 radical (unpaired) electrons. The molecule has 254 valence electrons. The molecule has 11 aromatic rings. The van der Waals surface area contributed by atoms with Crippen LogP contribution in [0.25, 0.3) is 87.2 Å². The molecule has 0 aliphatic heterocycles. The van der Waals surface area contributed by atoms with Gasteiger partial charge >= 0.3 is 0 Å². The fraction of sp³-hybridized carbons (Fsp3) is 0.0182. The average molecular weight is 695 g/mol. The van der Waals surface area contributed by atoms with E-state index in [1.807, 2.05) is 0 Å². The van der Waals surface area contributed by atoms with Gasteiger partial charge in [0.1, 0.15) is 0 Å². The summed E-state index contributed by atoms with van der Waals surface area (Å²) in [7, 11) is 0. The lowest BCUT2D eigenvalue weighted by molar-refractivity contribution is 0.769. The van der Waals surface area contributed by atoms with Gasteiger partial charge in [0.2, 0.25) is 0 Å². The molecular formula is C55H34. The molecule has 0 aromatic heterocycles. The molecule has 0 spiro atoms. The maximum atomic E-state index is 2.52. The summed E-state index contributed by atoms with van der Waals surface area (Å²) in [5.74, 6) is 0. The highest BCUT2D eigenvalue weighted by Crippen LogP contribution is 2.59. The van der Waals surface area contributed by atoms with Crippen LogP contribution in [0.3, 0.4) is 0 Å². The van der Waals surface area contributed by atoms with Gasteiger partial charge in [0.15, 0.2) is 0 Å². The second-order valence-corrected chi connectivity index (χ2v) is 15.1. The highest BCUT2D eigenvalue weighted by Gasteiger charge is 2.47. The molecule has 0 bridgehead atoms. The second kappa shape index (κ2) is 11.5. The number of rotatable bonds is 4. The third-order valence-electron chi connectivity index (χ3n) is 12.5. The van der Waals surface area contributed by atoms with Crippen molar-refractivity contribution in [1.29, 1.82) is 0 Å². The molecule has 0 saturated carbocycles. The molecule has 0 N–H and O–H groups in total. The largest absolute Gasteiger partial charge is 0.0714 e. The Labute approximate surface area is 319 Å². The van der Waals surface area contributed by atoms with Crippen LogP contribution < -0.4 is 0 Å². The number of hydrogen-bond donors (Lipinski definition) is 0. The van der Waals surface area contributed by atoms with Crippen molar-refractivity contribution in [3.8, 4) is 33.4 Å². The monoisotopic (exact) mass is 694 g/mol. The number of benzene rings is 11. The summed E-state index contributed by atoms with van der Waals surface area (Å²) < 4.78 is 0. The molecule has 0 heterocycles. The van der Waals surface area contributed by atoms with Crippen molar-refractivity contribution in [2.24, 2.45) is 0 Å². The van der Waals surface area contributed by atoms with Crippen molar-refractivity contribution >= 4 is 53.9 Å². The minimum absolute atomic E-state index is 0.522. The van der Waals surface area contributed by atoms with E-state index >= 15 is 0 Å². The standard InChI is InChI=1S/C55H34/c1-3-18-40(19-4-1)55(41-20-5-2-6-21-41)50-32-31-45-44(43-23-10-14-35-13-7-8-22-42(35)43)24-12-26-46(45)54(50)48-30-29-38(34-51(48)55)49-33-39-17-9-15-36-27-28-37-16-11-25-47(49)53(37)52(36)39/h1-34H. The zero-order valence-corrected chi connectivity index (χ0v) is 30.1. The molecule has 12 rings (SSSR count). The zero-order chi connectivity index (χ0) is 36.1. The predicted octanol–water partition coefficient (Wildman–Crippen LogP) is 14.6. The van der Waals surface area contributed by atoms with Gasteiger partial charge in [-0.05, 0) is 122 Å². The molecule has 0 fully saturated rings. The summed E-state index contributed by atoms with van der Waals surface area (Å²) in [4.78, 5) is 0. The summed E-state index contributed by atoms with van der Waals surface area (Å²) in [6.07, 6.45) is 0. The van der Waals surface area contributed by atoms with Crippen molar-refractivity contribution < 1.29 is 0 Å². The molecule has 0 nitrogen and oxygen atoms in total. The maximum absolute atomic E-state index is 2.52. The SMILES string of the molecule is c1ccc(C2(c3ccccc3)c3cc(-c4cc5cccc6ccc7cccc4c7c65)ccc3-c3c2ccc2c(-c4cccc5ccccc45)cccc32)cc1. The van der Waals surface area contributed by atoms with E-state index in [0.29, 0.717) is 0 Å². The maximum Gasteiger partial charge on any atom is 0.0714 e. The Bertz CT molecular complexity index is 3250. The summed E-state index contributed by atoms with van der Waals surface area (Å²) in [5, 5.41) is 13.0. The van der Waals surface area contributed by atoms with E-state index < -0.39 is 5.41 Å². The first-order valence-electron chi connectivity index (χ1n) is 19.3. The van der Waals surface area contributed by atoms with Crippen molar-refractivity contribution in [2.75, 3.05) is 0 Å². The quantitative estimate of drug-likeness (QED) is 0.161. The lowest BCUT2D eigenvalue weighted by Gasteiger charge is -2.34. The van der Waals surface area contributed by atoms with Crippen molar-refractivity contribution in [1.82, 2.24) is 0 Å². The normalized spacial score (nSPS) is 13.2. The third-order valence-corrected chi connectivity index (χ3v) is 12.5. The molecule has 0 atom stereocenters. The Morgan fingerprint density at radius 2 is 0.855 bits per heavy atom. The lowest BCUT2D eigenvalue weighted by Crippen LogP contribution is -2.28. The Kier molecular flexibility index (Phi) is 6.36. The molecule has 0 unspecified atom stereocenters. The first-order valence-corrected chi connectivity index (χ1v) is 19.3. The van der Waals surface area contributed by atoms with E-state index in [-0.39, 0.29) is 0 Å². The van der Waals surface area contributed by atoms with Gasteiger partial charge in [0.05, 0.1) is 5.41 Å². The molecular weight excluding hydrogens is 661 g/mol. The molecule has 55 heavy (non-hydrogen) atoms. The average Bonchev–Trinajstić information content (AvgIpc) is 3.56. The molecule has 0 saturated heterocycles. The highest BCUT2D eigenvalue weighted by molar-refractivity contribution is 6.26. The van der Waals surface area contributed by atoms with E-state index in [2.05, 4.69) is 206 Å². The minimum atomic E-state index is -0.522. The van der Waals surface area contributed by atoms with Crippen LogP contribution in [0.2, 0.25) is 0 Å². The van der Waals surface area contributed by atoms with Crippen LogP contribution in [0.4, 0.5) is 0 Å². The van der Waals surface area contributed by atoms with Crippen LogP contribution in [-0.2, 0) is 5.41 Å². The Morgan fingerprint density at radius 3 is 1.65 bits per heavy atom. The van der Waals surface area contributed by atoms with Gasteiger partial charge in [-0.25, -0.2) is 0 Å². The van der Waals surface area contributed by atoms with Crippen LogP contribution in [0.5, 0.6) is 0 Å². The van der Waals surface area contributed by atoms with Crippen molar-refractivity contribution in [3.05, 3.63) is 229 Å². The van der Waals surface area contributed by atoms with E-state index in [9.17, 15) is 0 Å². The summed E-state index contributed by atoms with van der Waals surface area (Å²) >= 11 is 0. The van der Waals surface area contributed by atoms with Gasteiger partial charge in [0, 0.05) is 0 Å². The van der Waals surface area contributed by atoms with Gasteiger partial charge in [-0.2, -0.15) is 0 Å². The Morgan fingerprint density at radius 1 is 0.273 bits per heavy atom. The van der Waals surface area contributed by atoms with Crippen LogP contribution in [-0.4, -0.2) is 0 Å². The van der Waals surface area contributed by atoms with E-state index in [0.717, 1.165) is 0 Å². The molecule has 0 heteroatoms. The first kappa shape index (κ1) is 30.4. The topological polar surface area (TPSA) is 0 Å². The van der Waals surface area contributed by atoms with E-state index in [1.54, 1.807) is 0 Å². The zero-order valence-electron chi connectivity index (χ0n) is 30.1. The fourth-order valence-electron chi connectivity index (χ4n) is 10.2. The number of fused-ring (bicyclic) bond motifs is 6. The predicted molar refractivity (Wildman–Crippen MR) is 233 cm³/mol. The highest BCUT2D eigenvalue weighted by atomic mass is 14.5.